The molecule has 4 heteroatoms. The van der Waals surface area contributed by atoms with Crippen LogP contribution in [0.1, 0.15) is 0 Å². The molecule has 0 fully saturated rings. The third-order valence-corrected chi connectivity index (χ3v) is 1.60. The highest BCUT2D eigenvalue weighted by Crippen LogP contribution is 2.16. The van der Waals surface area contributed by atoms with E-state index in [1.807, 2.05) is 0 Å². The Morgan fingerprint density at radius 1 is 0.833 bits per heavy atom. The number of hydroxylamine groups is 2. The second-order valence-corrected chi connectivity index (χ2v) is 2.56. The third-order valence-electron chi connectivity index (χ3n) is 1.60. The summed E-state index contributed by atoms with van der Waals surface area (Å²) in [5.74, 6) is 0. The SMILES string of the molecule is CN(O)c1ccc(N(C)O)cc1. The fourth-order valence-electron chi connectivity index (χ4n) is 0.884. The number of hydrogen-bond donors (Lipinski definition) is 2. The topological polar surface area (TPSA) is 46.9 Å². The van der Waals surface area contributed by atoms with Crippen molar-refractivity contribution >= 4 is 11.4 Å². The molecule has 1 rings (SSSR count). The molecule has 0 aliphatic carbocycles. The van der Waals surface area contributed by atoms with E-state index in [1.54, 1.807) is 24.3 Å². The molecule has 0 aliphatic heterocycles. The number of hydrogen-bond acceptors (Lipinski definition) is 4. The summed E-state index contributed by atoms with van der Waals surface area (Å²) < 4.78 is 0. The van der Waals surface area contributed by atoms with Crippen LogP contribution < -0.4 is 10.1 Å². The van der Waals surface area contributed by atoms with Crippen molar-refractivity contribution in [2.24, 2.45) is 0 Å². The van der Waals surface area contributed by atoms with Gasteiger partial charge in [0.25, 0.3) is 0 Å². The molecule has 0 amide bonds. The summed E-state index contributed by atoms with van der Waals surface area (Å²) in [6, 6.07) is 6.84. The minimum Gasteiger partial charge on any atom is -0.289 e. The summed E-state index contributed by atoms with van der Waals surface area (Å²) in [7, 11) is 3.08. The molecule has 0 bridgehead atoms. The fraction of sp³-hybridized carbons (Fsp3) is 0.250. The molecular formula is C8H12N2O2. The number of anilines is 2. The van der Waals surface area contributed by atoms with E-state index in [0.717, 1.165) is 10.1 Å². The van der Waals surface area contributed by atoms with Gasteiger partial charge in [-0.3, -0.25) is 20.5 Å². The summed E-state index contributed by atoms with van der Waals surface area (Å²) in [5, 5.41) is 20.1. The Balaban J connectivity index is 2.86. The molecule has 0 aliphatic rings. The number of benzene rings is 1. The normalized spacial score (nSPS) is 9.67. The van der Waals surface area contributed by atoms with Gasteiger partial charge < -0.3 is 0 Å². The largest absolute Gasteiger partial charge is 0.289 e. The second kappa shape index (κ2) is 3.42. The fourth-order valence-corrected chi connectivity index (χ4v) is 0.884. The first-order valence-corrected chi connectivity index (χ1v) is 3.56. The lowest BCUT2D eigenvalue weighted by molar-refractivity contribution is 0.276. The minimum absolute atomic E-state index is 0.681. The van der Waals surface area contributed by atoms with Crippen LogP contribution in [0.5, 0.6) is 0 Å². The Hall–Kier alpha value is -1.26. The first-order valence-electron chi connectivity index (χ1n) is 3.56. The molecule has 1 aromatic carbocycles. The second-order valence-electron chi connectivity index (χ2n) is 2.56. The van der Waals surface area contributed by atoms with Gasteiger partial charge in [-0.15, -0.1) is 0 Å². The maximum atomic E-state index is 9.01. The van der Waals surface area contributed by atoms with Gasteiger partial charge in [0.1, 0.15) is 0 Å². The minimum atomic E-state index is 0.681. The Labute approximate surface area is 71.2 Å². The van der Waals surface area contributed by atoms with Gasteiger partial charge in [0.2, 0.25) is 0 Å². The lowest BCUT2D eigenvalue weighted by Crippen LogP contribution is -2.12. The van der Waals surface area contributed by atoms with Crippen molar-refractivity contribution in [2.75, 3.05) is 24.2 Å². The summed E-state index contributed by atoms with van der Waals surface area (Å²) in [5.41, 5.74) is 1.36. The van der Waals surface area contributed by atoms with E-state index in [1.165, 1.54) is 14.1 Å². The van der Waals surface area contributed by atoms with Crippen LogP contribution in [0.25, 0.3) is 0 Å². The summed E-state index contributed by atoms with van der Waals surface area (Å²) >= 11 is 0. The lowest BCUT2D eigenvalue weighted by atomic mass is 10.3. The highest BCUT2D eigenvalue weighted by atomic mass is 16.5. The van der Waals surface area contributed by atoms with Crippen LogP contribution >= 0.6 is 0 Å². The van der Waals surface area contributed by atoms with E-state index in [0.29, 0.717) is 11.4 Å². The van der Waals surface area contributed by atoms with Crippen LogP contribution in [0.3, 0.4) is 0 Å². The average Bonchev–Trinajstić information content (AvgIpc) is 2.04. The van der Waals surface area contributed by atoms with Crippen LogP contribution in [0.2, 0.25) is 0 Å². The van der Waals surface area contributed by atoms with E-state index in [9.17, 15) is 0 Å². The molecule has 0 radical (unpaired) electrons. The molecule has 1 aromatic rings. The zero-order chi connectivity index (χ0) is 9.14. The van der Waals surface area contributed by atoms with Crippen LogP contribution in [-0.2, 0) is 0 Å². The monoisotopic (exact) mass is 168 g/mol. The Kier molecular flexibility index (Phi) is 2.52. The van der Waals surface area contributed by atoms with Crippen molar-refractivity contribution in [3.05, 3.63) is 24.3 Å². The summed E-state index contributed by atoms with van der Waals surface area (Å²) in [6.45, 7) is 0. The van der Waals surface area contributed by atoms with Crippen LogP contribution in [0.15, 0.2) is 24.3 Å². The maximum absolute atomic E-state index is 9.01. The third kappa shape index (κ3) is 1.87. The number of nitrogens with zero attached hydrogens (tertiary/aromatic N) is 2. The zero-order valence-electron chi connectivity index (χ0n) is 7.10. The molecule has 4 nitrogen and oxygen atoms in total. The van der Waals surface area contributed by atoms with Crippen LogP contribution in [0.4, 0.5) is 11.4 Å². The molecule has 0 aromatic heterocycles. The molecule has 0 saturated carbocycles. The van der Waals surface area contributed by atoms with Gasteiger partial charge in [0.05, 0.1) is 11.4 Å². The Morgan fingerprint density at radius 2 is 1.08 bits per heavy atom. The van der Waals surface area contributed by atoms with Gasteiger partial charge in [0.15, 0.2) is 0 Å². The van der Waals surface area contributed by atoms with Crippen molar-refractivity contribution in [1.82, 2.24) is 0 Å². The molecular weight excluding hydrogens is 156 g/mol. The Bertz CT molecular complexity index is 217. The van der Waals surface area contributed by atoms with E-state index in [-0.39, 0.29) is 0 Å². The van der Waals surface area contributed by atoms with Crippen molar-refractivity contribution in [2.45, 2.75) is 0 Å². The predicted octanol–water partition coefficient (Wildman–Crippen LogP) is 1.34. The van der Waals surface area contributed by atoms with Crippen LogP contribution in [0, 0.1) is 0 Å². The quantitative estimate of drug-likeness (QED) is 0.654. The van der Waals surface area contributed by atoms with Crippen molar-refractivity contribution in [3.8, 4) is 0 Å². The summed E-state index contributed by atoms with van der Waals surface area (Å²) in [4.78, 5) is 0. The van der Waals surface area contributed by atoms with Gasteiger partial charge in [-0.1, -0.05) is 0 Å². The molecule has 0 heterocycles. The van der Waals surface area contributed by atoms with E-state index >= 15 is 0 Å². The first-order chi connectivity index (χ1) is 5.61. The summed E-state index contributed by atoms with van der Waals surface area (Å²) in [6.07, 6.45) is 0. The van der Waals surface area contributed by atoms with E-state index in [2.05, 4.69) is 0 Å². The lowest BCUT2D eigenvalue weighted by Gasteiger charge is -2.13. The van der Waals surface area contributed by atoms with Gasteiger partial charge in [-0.25, -0.2) is 0 Å². The predicted molar refractivity (Wildman–Crippen MR) is 46.8 cm³/mol. The molecule has 0 spiro atoms. The van der Waals surface area contributed by atoms with Gasteiger partial charge in [-0.2, -0.15) is 0 Å². The zero-order valence-corrected chi connectivity index (χ0v) is 7.10. The van der Waals surface area contributed by atoms with Crippen LogP contribution in [-0.4, -0.2) is 24.5 Å². The first kappa shape index (κ1) is 8.83. The standard InChI is InChI=1S/C8H12N2O2/c1-9(11)7-3-5-8(6-4-7)10(2)12/h3-6,11-12H,1-2H3. The van der Waals surface area contributed by atoms with Gasteiger partial charge in [0, 0.05) is 14.1 Å². The smallest absolute Gasteiger partial charge is 0.0632 e. The van der Waals surface area contributed by atoms with Gasteiger partial charge in [-0.05, 0) is 24.3 Å². The van der Waals surface area contributed by atoms with Crippen molar-refractivity contribution < 1.29 is 10.4 Å². The van der Waals surface area contributed by atoms with E-state index in [4.69, 9.17) is 10.4 Å². The molecule has 0 atom stereocenters. The molecule has 12 heavy (non-hydrogen) atoms. The van der Waals surface area contributed by atoms with Crippen molar-refractivity contribution in [3.63, 3.8) is 0 Å². The molecule has 0 unspecified atom stereocenters. The molecule has 2 N–H and O–H groups in total. The highest BCUT2D eigenvalue weighted by Gasteiger charge is 1.98. The average molecular weight is 168 g/mol. The van der Waals surface area contributed by atoms with Crippen molar-refractivity contribution in [1.29, 1.82) is 0 Å². The molecule has 0 saturated heterocycles. The number of rotatable bonds is 2. The Morgan fingerprint density at radius 3 is 1.25 bits per heavy atom. The highest BCUT2D eigenvalue weighted by molar-refractivity contribution is 5.53. The van der Waals surface area contributed by atoms with Gasteiger partial charge >= 0.3 is 0 Å². The molecule has 66 valence electrons. The van der Waals surface area contributed by atoms with E-state index < -0.39 is 0 Å². The maximum Gasteiger partial charge on any atom is 0.0632 e.